The number of hydrogen-bond donors (Lipinski definition) is 2. The highest BCUT2D eigenvalue weighted by Crippen LogP contribution is 2.26. The summed E-state index contributed by atoms with van der Waals surface area (Å²) in [4.78, 5) is 27.1. The van der Waals surface area contributed by atoms with Crippen LogP contribution in [0, 0.1) is 0 Å². The number of nitrogens with zero attached hydrogens (tertiary/aromatic N) is 1. The summed E-state index contributed by atoms with van der Waals surface area (Å²) < 4.78 is 8.61. The van der Waals surface area contributed by atoms with Crippen LogP contribution in [0.5, 0.6) is 0 Å². The highest BCUT2D eigenvalue weighted by Gasteiger charge is 2.23. The molecule has 1 heterocycles. The molecule has 1 saturated heterocycles. The molecule has 1 aliphatic heterocycles. The monoisotopic (exact) mass is 449 g/mol. The number of nitrogens with one attached hydrogen (secondary N) is 2. The minimum Gasteiger partial charge on any atom is -0.450 e. The van der Waals surface area contributed by atoms with Gasteiger partial charge < -0.3 is 15.0 Å². The van der Waals surface area contributed by atoms with Crippen LogP contribution in [0.2, 0.25) is 0 Å². The molecule has 0 atom stereocenters. The van der Waals surface area contributed by atoms with E-state index in [1.807, 2.05) is 43.3 Å². The molecule has 3 aromatic carbocycles. The van der Waals surface area contributed by atoms with Crippen molar-refractivity contribution >= 4 is 40.4 Å². The first-order valence-corrected chi connectivity index (χ1v) is 11.7. The Labute approximate surface area is 192 Å². The Morgan fingerprint density at radius 3 is 2.47 bits per heavy atom. The van der Waals surface area contributed by atoms with Crippen LogP contribution >= 0.6 is 11.9 Å². The van der Waals surface area contributed by atoms with Crippen LogP contribution in [-0.2, 0) is 4.74 Å². The zero-order chi connectivity index (χ0) is 22.3. The molecule has 2 N–H and O–H groups in total. The molecule has 0 aliphatic carbocycles. The highest BCUT2D eigenvalue weighted by molar-refractivity contribution is 7.97. The maximum Gasteiger partial charge on any atom is 0.409 e. The maximum absolute atomic E-state index is 12.4. The van der Waals surface area contributed by atoms with Gasteiger partial charge in [-0.2, -0.15) is 0 Å². The Balaban J connectivity index is 1.32. The van der Waals surface area contributed by atoms with Crippen LogP contribution < -0.4 is 10.0 Å². The number of anilines is 1. The topological polar surface area (TPSA) is 70.7 Å². The zero-order valence-electron chi connectivity index (χ0n) is 18.0. The number of carbonyl (C=O) groups excluding carboxylic acids is 2. The zero-order valence-corrected chi connectivity index (χ0v) is 18.9. The molecule has 0 bridgehead atoms. The Kier molecular flexibility index (Phi) is 7.29. The molecule has 0 saturated carbocycles. The van der Waals surface area contributed by atoms with Crippen molar-refractivity contribution in [1.29, 1.82) is 0 Å². The SMILES string of the molecule is CCOC(=O)N1CCC(NSc2ccc3cc(NC(=O)c4ccccc4)ccc3c2)CC1. The van der Waals surface area contributed by atoms with E-state index in [-0.39, 0.29) is 12.0 Å². The van der Waals surface area contributed by atoms with E-state index in [0.29, 0.717) is 31.3 Å². The number of ether oxygens (including phenoxy) is 1. The highest BCUT2D eigenvalue weighted by atomic mass is 32.2. The van der Waals surface area contributed by atoms with Gasteiger partial charge >= 0.3 is 6.09 Å². The molecule has 0 spiro atoms. The van der Waals surface area contributed by atoms with Gasteiger partial charge in [0, 0.05) is 35.3 Å². The lowest BCUT2D eigenvalue weighted by molar-refractivity contribution is 0.0966. The number of rotatable bonds is 6. The lowest BCUT2D eigenvalue weighted by Gasteiger charge is -2.31. The average molecular weight is 450 g/mol. The van der Waals surface area contributed by atoms with Crippen molar-refractivity contribution in [3.63, 3.8) is 0 Å². The minimum absolute atomic E-state index is 0.115. The van der Waals surface area contributed by atoms with Crippen LogP contribution in [0.4, 0.5) is 10.5 Å². The normalized spacial score (nSPS) is 14.3. The standard InChI is InChI=1S/C25H27N3O3S/c1-2-31-25(30)28-14-12-21(13-15-28)27-32-23-11-9-19-16-22(10-8-20(19)17-23)26-24(29)18-6-4-3-5-7-18/h3-11,16-17,21,27H,2,12-15H2,1H3,(H,26,29). The summed E-state index contributed by atoms with van der Waals surface area (Å²) in [7, 11) is 0. The van der Waals surface area contributed by atoms with Crippen molar-refractivity contribution in [3.05, 3.63) is 72.3 Å². The summed E-state index contributed by atoms with van der Waals surface area (Å²) in [5, 5.41) is 5.15. The van der Waals surface area contributed by atoms with E-state index in [1.165, 1.54) is 0 Å². The second-order valence-corrected chi connectivity index (χ2v) is 8.64. The van der Waals surface area contributed by atoms with E-state index in [2.05, 4.69) is 28.2 Å². The van der Waals surface area contributed by atoms with Gasteiger partial charge in [-0.25, -0.2) is 4.79 Å². The summed E-state index contributed by atoms with van der Waals surface area (Å²) >= 11 is 1.62. The van der Waals surface area contributed by atoms with Gasteiger partial charge in [-0.1, -0.05) is 30.3 Å². The van der Waals surface area contributed by atoms with Crippen LogP contribution in [0.15, 0.2) is 71.6 Å². The molecule has 0 radical (unpaired) electrons. The summed E-state index contributed by atoms with van der Waals surface area (Å²) in [5.74, 6) is -0.115. The molecule has 3 aromatic rings. The molecule has 32 heavy (non-hydrogen) atoms. The van der Waals surface area contributed by atoms with Gasteiger partial charge in [-0.05, 0) is 78.9 Å². The van der Waals surface area contributed by atoms with Gasteiger partial charge in [0.1, 0.15) is 0 Å². The van der Waals surface area contributed by atoms with Crippen molar-refractivity contribution in [2.24, 2.45) is 0 Å². The van der Waals surface area contributed by atoms with E-state index in [1.54, 1.807) is 29.0 Å². The molecule has 4 rings (SSSR count). The summed E-state index contributed by atoms with van der Waals surface area (Å²) in [5.41, 5.74) is 1.41. The van der Waals surface area contributed by atoms with E-state index < -0.39 is 0 Å². The van der Waals surface area contributed by atoms with Crippen molar-refractivity contribution in [1.82, 2.24) is 9.62 Å². The quantitative estimate of drug-likeness (QED) is 0.499. The third kappa shape index (κ3) is 5.60. The lowest BCUT2D eigenvalue weighted by Crippen LogP contribution is -2.43. The van der Waals surface area contributed by atoms with Crippen LogP contribution in [-0.4, -0.2) is 42.6 Å². The molecule has 0 unspecified atom stereocenters. The van der Waals surface area contributed by atoms with Gasteiger partial charge in [0.15, 0.2) is 0 Å². The first-order valence-electron chi connectivity index (χ1n) is 10.9. The van der Waals surface area contributed by atoms with E-state index in [9.17, 15) is 9.59 Å². The third-order valence-corrected chi connectivity index (χ3v) is 6.41. The first-order chi connectivity index (χ1) is 15.6. The molecular weight excluding hydrogens is 422 g/mol. The Morgan fingerprint density at radius 2 is 1.72 bits per heavy atom. The Bertz CT molecular complexity index is 1080. The number of benzene rings is 3. The largest absolute Gasteiger partial charge is 0.450 e. The van der Waals surface area contributed by atoms with Gasteiger partial charge in [-0.15, -0.1) is 0 Å². The molecule has 2 amide bonds. The predicted octanol–water partition coefficient (Wildman–Crippen LogP) is 5.31. The van der Waals surface area contributed by atoms with Crippen molar-refractivity contribution in [2.45, 2.75) is 30.7 Å². The second kappa shape index (κ2) is 10.5. The fourth-order valence-corrected chi connectivity index (χ4v) is 4.56. The fraction of sp³-hybridized carbons (Fsp3) is 0.280. The third-order valence-electron chi connectivity index (χ3n) is 5.47. The minimum atomic E-state index is -0.215. The van der Waals surface area contributed by atoms with Crippen molar-refractivity contribution in [3.8, 4) is 0 Å². The van der Waals surface area contributed by atoms with Gasteiger partial charge in [0.05, 0.1) is 6.61 Å². The molecule has 1 aliphatic rings. The number of fused-ring (bicyclic) bond motifs is 1. The number of hydrogen-bond acceptors (Lipinski definition) is 5. The molecule has 7 heteroatoms. The van der Waals surface area contributed by atoms with E-state index in [4.69, 9.17) is 4.74 Å². The predicted molar refractivity (Wildman–Crippen MR) is 129 cm³/mol. The van der Waals surface area contributed by atoms with Gasteiger partial charge in [-0.3, -0.25) is 9.52 Å². The maximum atomic E-state index is 12.4. The number of amides is 2. The smallest absolute Gasteiger partial charge is 0.409 e. The van der Waals surface area contributed by atoms with Crippen LogP contribution in [0.1, 0.15) is 30.1 Å². The molecule has 1 fully saturated rings. The molecule has 0 aromatic heterocycles. The van der Waals surface area contributed by atoms with Gasteiger partial charge in [0.25, 0.3) is 5.91 Å². The second-order valence-electron chi connectivity index (χ2n) is 7.72. The molecule has 6 nitrogen and oxygen atoms in total. The fourth-order valence-electron chi connectivity index (χ4n) is 3.70. The van der Waals surface area contributed by atoms with Crippen molar-refractivity contribution < 1.29 is 14.3 Å². The molecule has 166 valence electrons. The lowest BCUT2D eigenvalue weighted by atomic mass is 10.1. The number of piperidine rings is 1. The van der Waals surface area contributed by atoms with Crippen molar-refractivity contribution in [2.75, 3.05) is 25.0 Å². The van der Waals surface area contributed by atoms with Crippen LogP contribution in [0.3, 0.4) is 0 Å². The van der Waals surface area contributed by atoms with E-state index in [0.717, 1.165) is 34.2 Å². The summed E-state index contributed by atoms with van der Waals surface area (Å²) in [6.45, 7) is 3.67. The number of likely N-dealkylation sites (tertiary alicyclic amines) is 1. The van der Waals surface area contributed by atoms with E-state index >= 15 is 0 Å². The molecular formula is C25H27N3O3S. The van der Waals surface area contributed by atoms with Gasteiger partial charge in [0.2, 0.25) is 0 Å². The Morgan fingerprint density at radius 1 is 1.00 bits per heavy atom. The average Bonchev–Trinajstić information content (AvgIpc) is 2.83. The number of carbonyl (C=O) groups is 2. The van der Waals surface area contributed by atoms with Crippen LogP contribution in [0.25, 0.3) is 10.8 Å². The first kappa shape index (κ1) is 22.2. The summed E-state index contributed by atoms with van der Waals surface area (Å²) in [6, 6.07) is 21.8. The Hall–Kier alpha value is -3.03. The summed E-state index contributed by atoms with van der Waals surface area (Å²) in [6.07, 6.45) is 1.60.